The highest BCUT2D eigenvalue weighted by atomic mass is 16.5. The Kier molecular flexibility index (Phi) is 8.34. The molecule has 5 amide bonds. The third-order valence-corrected chi connectivity index (χ3v) is 6.79. The number of aryl methyl sites for hydroxylation is 2. The van der Waals surface area contributed by atoms with E-state index in [1.54, 1.807) is 78.9 Å². The molecule has 5 rings (SSSR count). The predicted octanol–water partition coefficient (Wildman–Crippen LogP) is 5.91. The largest absolute Gasteiger partial charge is 0.493 e. The number of carbonyl (C=O) groups is 4. The van der Waals surface area contributed by atoms with Crippen molar-refractivity contribution in [3.8, 4) is 11.5 Å². The summed E-state index contributed by atoms with van der Waals surface area (Å²) in [5, 5.41) is 2.83. The Hall–Kier alpha value is -5.70. The smallest absolute Gasteiger partial charge is 0.343 e. The molecule has 9 heteroatoms. The molecule has 1 aliphatic heterocycles. The SMILES string of the molecule is COc1cc(C=C2C(=O)N(c3ccccc3)C(=O)N(c3ccccc3)C2=O)ccc1OCC(=O)Nc1ccc(C)cc1C. The Morgan fingerprint density at radius 1 is 0.767 bits per heavy atom. The summed E-state index contributed by atoms with van der Waals surface area (Å²) in [5.74, 6) is -1.26. The molecule has 1 fully saturated rings. The molecule has 1 saturated heterocycles. The van der Waals surface area contributed by atoms with Crippen LogP contribution in [0.25, 0.3) is 6.08 Å². The maximum atomic E-state index is 13.6. The van der Waals surface area contributed by atoms with E-state index in [0.717, 1.165) is 20.9 Å². The van der Waals surface area contributed by atoms with E-state index in [1.165, 1.54) is 13.2 Å². The normalized spacial score (nSPS) is 13.2. The number of ether oxygens (including phenoxy) is 2. The van der Waals surface area contributed by atoms with Crippen molar-refractivity contribution in [2.75, 3.05) is 28.8 Å². The highest BCUT2D eigenvalue weighted by Gasteiger charge is 2.43. The van der Waals surface area contributed by atoms with Crippen molar-refractivity contribution >= 4 is 46.9 Å². The third-order valence-electron chi connectivity index (χ3n) is 6.79. The van der Waals surface area contributed by atoms with Gasteiger partial charge < -0.3 is 14.8 Å². The Labute approximate surface area is 248 Å². The molecular weight excluding hydrogens is 546 g/mol. The molecule has 0 bridgehead atoms. The number of carbonyl (C=O) groups excluding carboxylic acids is 4. The van der Waals surface area contributed by atoms with Gasteiger partial charge in [-0.25, -0.2) is 14.6 Å². The zero-order valence-electron chi connectivity index (χ0n) is 23.9. The number of methoxy groups -OCH3 is 1. The van der Waals surface area contributed by atoms with E-state index in [1.807, 2.05) is 32.0 Å². The van der Waals surface area contributed by atoms with E-state index < -0.39 is 17.8 Å². The molecule has 0 atom stereocenters. The lowest BCUT2D eigenvalue weighted by Gasteiger charge is -2.33. The van der Waals surface area contributed by atoms with Gasteiger partial charge in [0.15, 0.2) is 18.1 Å². The van der Waals surface area contributed by atoms with Gasteiger partial charge in [0.1, 0.15) is 5.57 Å². The van der Waals surface area contributed by atoms with E-state index in [2.05, 4.69) is 5.32 Å². The number of nitrogens with zero attached hydrogens (tertiary/aromatic N) is 2. The summed E-state index contributed by atoms with van der Waals surface area (Å²) in [7, 11) is 1.44. The number of para-hydroxylation sites is 2. The van der Waals surface area contributed by atoms with Gasteiger partial charge in [-0.3, -0.25) is 14.4 Å². The molecule has 1 aliphatic rings. The number of nitrogens with one attached hydrogen (secondary N) is 1. The van der Waals surface area contributed by atoms with E-state index in [-0.39, 0.29) is 18.1 Å². The van der Waals surface area contributed by atoms with E-state index in [0.29, 0.717) is 34.1 Å². The first-order valence-corrected chi connectivity index (χ1v) is 13.5. The number of barbiturate groups is 1. The molecule has 43 heavy (non-hydrogen) atoms. The van der Waals surface area contributed by atoms with Gasteiger partial charge in [0.25, 0.3) is 17.7 Å². The minimum absolute atomic E-state index is 0.212. The Bertz CT molecular complexity index is 1670. The Balaban J connectivity index is 1.41. The molecule has 4 aromatic rings. The molecule has 0 spiro atoms. The molecular formula is C34H29N3O6. The van der Waals surface area contributed by atoms with Crippen LogP contribution in [0.3, 0.4) is 0 Å². The van der Waals surface area contributed by atoms with Crippen LogP contribution in [0.2, 0.25) is 0 Å². The number of anilines is 3. The summed E-state index contributed by atoms with van der Waals surface area (Å²) < 4.78 is 11.2. The monoisotopic (exact) mass is 575 g/mol. The predicted molar refractivity (Wildman–Crippen MR) is 164 cm³/mol. The second kappa shape index (κ2) is 12.4. The number of amides is 5. The first-order chi connectivity index (χ1) is 20.8. The van der Waals surface area contributed by atoms with Gasteiger partial charge in [-0.1, -0.05) is 60.2 Å². The van der Waals surface area contributed by atoms with Gasteiger partial charge in [0.2, 0.25) is 0 Å². The lowest BCUT2D eigenvalue weighted by Crippen LogP contribution is -2.57. The average molecular weight is 576 g/mol. The number of imide groups is 2. The third kappa shape index (κ3) is 6.15. The second-order valence-electron chi connectivity index (χ2n) is 9.86. The van der Waals surface area contributed by atoms with Crippen molar-refractivity contribution in [2.24, 2.45) is 0 Å². The molecule has 9 nitrogen and oxygen atoms in total. The molecule has 0 radical (unpaired) electrons. The minimum Gasteiger partial charge on any atom is -0.493 e. The van der Waals surface area contributed by atoms with Gasteiger partial charge in [-0.2, -0.15) is 0 Å². The highest BCUT2D eigenvalue weighted by molar-refractivity contribution is 6.46. The number of benzene rings is 4. The number of rotatable bonds is 8. The second-order valence-corrected chi connectivity index (χ2v) is 9.86. The zero-order valence-corrected chi connectivity index (χ0v) is 23.9. The first kappa shape index (κ1) is 28.8. The maximum Gasteiger partial charge on any atom is 0.343 e. The van der Waals surface area contributed by atoms with Crippen molar-refractivity contribution < 1.29 is 28.7 Å². The summed E-state index contributed by atoms with van der Waals surface area (Å²) in [5.41, 5.74) is 3.63. The van der Waals surface area contributed by atoms with Gasteiger partial charge in [0.05, 0.1) is 18.5 Å². The van der Waals surface area contributed by atoms with Crippen LogP contribution in [0.5, 0.6) is 11.5 Å². The minimum atomic E-state index is -0.773. The molecule has 216 valence electrons. The maximum absolute atomic E-state index is 13.6. The number of hydrogen-bond donors (Lipinski definition) is 1. The molecule has 0 aromatic heterocycles. The van der Waals surface area contributed by atoms with Crippen LogP contribution in [-0.2, 0) is 14.4 Å². The van der Waals surface area contributed by atoms with E-state index >= 15 is 0 Å². The molecule has 0 aliphatic carbocycles. The molecule has 4 aromatic carbocycles. The van der Waals surface area contributed by atoms with Crippen LogP contribution >= 0.6 is 0 Å². The average Bonchev–Trinajstić information content (AvgIpc) is 3.01. The summed E-state index contributed by atoms with van der Waals surface area (Å²) in [6, 6.07) is 26.6. The fourth-order valence-corrected chi connectivity index (χ4v) is 4.68. The topological polar surface area (TPSA) is 105 Å². The van der Waals surface area contributed by atoms with Gasteiger partial charge in [-0.05, 0) is 73.5 Å². The number of urea groups is 1. The molecule has 0 saturated carbocycles. The van der Waals surface area contributed by atoms with E-state index in [9.17, 15) is 19.2 Å². The standard InChI is InChI=1S/C34H29N3O6/c1-22-14-16-28(23(2)18-22)35-31(38)21-43-29-17-15-24(20-30(29)42-3)19-27-32(39)36(25-10-6-4-7-11-25)34(41)37(33(27)40)26-12-8-5-9-13-26/h4-20H,21H2,1-3H3,(H,35,38). The number of hydrogen-bond acceptors (Lipinski definition) is 6. The van der Waals surface area contributed by atoms with Crippen molar-refractivity contribution in [1.82, 2.24) is 0 Å². The summed E-state index contributed by atoms with van der Waals surface area (Å²) in [4.78, 5) is 55.2. The van der Waals surface area contributed by atoms with Crippen LogP contribution in [0.4, 0.5) is 21.9 Å². The van der Waals surface area contributed by atoms with Crippen LogP contribution in [0.15, 0.2) is 103 Å². The molecule has 1 N–H and O–H groups in total. The fourth-order valence-electron chi connectivity index (χ4n) is 4.68. The fraction of sp³-hybridized carbons (Fsp3) is 0.118. The van der Waals surface area contributed by atoms with Crippen molar-refractivity contribution in [2.45, 2.75) is 13.8 Å². The van der Waals surface area contributed by atoms with Crippen molar-refractivity contribution in [3.05, 3.63) is 119 Å². The lowest BCUT2D eigenvalue weighted by molar-refractivity contribution is -0.121. The first-order valence-electron chi connectivity index (χ1n) is 13.5. The lowest BCUT2D eigenvalue weighted by atomic mass is 10.0. The van der Waals surface area contributed by atoms with Gasteiger partial charge >= 0.3 is 6.03 Å². The van der Waals surface area contributed by atoms with Crippen LogP contribution in [-0.4, -0.2) is 37.5 Å². The Morgan fingerprint density at radius 2 is 1.37 bits per heavy atom. The zero-order chi connectivity index (χ0) is 30.5. The van der Waals surface area contributed by atoms with E-state index in [4.69, 9.17) is 9.47 Å². The highest BCUT2D eigenvalue weighted by Crippen LogP contribution is 2.32. The van der Waals surface area contributed by atoms with Crippen LogP contribution in [0, 0.1) is 13.8 Å². The summed E-state index contributed by atoms with van der Waals surface area (Å²) in [6.45, 7) is 3.63. The van der Waals surface area contributed by atoms with Crippen LogP contribution < -0.4 is 24.6 Å². The Morgan fingerprint density at radius 3 is 1.93 bits per heavy atom. The van der Waals surface area contributed by atoms with Gasteiger partial charge in [-0.15, -0.1) is 0 Å². The van der Waals surface area contributed by atoms with Crippen molar-refractivity contribution in [3.63, 3.8) is 0 Å². The molecule has 0 unspecified atom stereocenters. The molecule has 1 heterocycles. The van der Waals surface area contributed by atoms with Crippen molar-refractivity contribution in [1.29, 1.82) is 0 Å². The summed E-state index contributed by atoms with van der Waals surface area (Å²) >= 11 is 0. The van der Waals surface area contributed by atoms with Crippen LogP contribution in [0.1, 0.15) is 16.7 Å². The summed E-state index contributed by atoms with van der Waals surface area (Å²) in [6.07, 6.45) is 1.40. The quantitative estimate of drug-likeness (QED) is 0.207. The van der Waals surface area contributed by atoms with Gasteiger partial charge in [0, 0.05) is 5.69 Å².